The number of hydrogen-bond donors (Lipinski definition) is 0. The second-order valence-electron chi connectivity index (χ2n) is 5.64. The van der Waals surface area contributed by atoms with Crippen molar-refractivity contribution in [2.24, 2.45) is 0 Å². The standard InChI is InChI=1S/C16H21BrO5/c1-15(2)21-11-16(10-17,12-22-15)20-9-8-19-14(18)13-6-4-3-5-7-13/h3-7H,8-12H2,1-2H3. The van der Waals surface area contributed by atoms with Crippen LogP contribution in [0, 0.1) is 0 Å². The van der Waals surface area contributed by atoms with Crippen LogP contribution in [-0.2, 0) is 18.9 Å². The van der Waals surface area contributed by atoms with Crippen LogP contribution >= 0.6 is 15.9 Å². The van der Waals surface area contributed by atoms with Crippen LogP contribution < -0.4 is 0 Å². The number of carbonyl (C=O) groups excluding carboxylic acids is 1. The molecule has 1 saturated heterocycles. The number of rotatable bonds is 6. The van der Waals surface area contributed by atoms with Crippen LogP contribution in [-0.4, -0.2) is 49.1 Å². The van der Waals surface area contributed by atoms with Crippen molar-refractivity contribution in [2.45, 2.75) is 25.2 Å². The monoisotopic (exact) mass is 372 g/mol. The summed E-state index contributed by atoms with van der Waals surface area (Å²) >= 11 is 3.43. The second-order valence-corrected chi connectivity index (χ2v) is 6.20. The van der Waals surface area contributed by atoms with E-state index in [0.29, 0.717) is 24.1 Å². The number of ether oxygens (including phenoxy) is 4. The zero-order valence-corrected chi connectivity index (χ0v) is 14.4. The third-order valence-corrected chi connectivity index (χ3v) is 4.37. The molecule has 0 amide bonds. The maximum atomic E-state index is 11.8. The molecule has 22 heavy (non-hydrogen) atoms. The van der Waals surface area contributed by atoms with Crippen molar-refractivity contribution in [2.75, 3.05) is 31.8 Å². The Hall–Kier alpha value is -0.950. The van der Waals surface area contributed by atoms with Crippen molar-refractivity contribution in [3.63, 3.8) is 0 Å². The number of benzene rings is 1. The van der Waals surface area contributed by atoms with Crippen LogP contribution in [0.3, 0.4) is 0 Å². The quantitative estimate of drug-likeness (QED) is 0.436. The minimum Gasteiger partial charge on any atom is -0.460 e. The molecule has 0 atom stereocenters. The summed E-state index contributed by atoms with van der Waals surface area (Å²) in [6.07, 6.45) is 0. The Morgan fingerprint density at radius 3 is 2.41 bits per heavy atom. The fourth-order valence-electron chi connectivity index (χ4n) is 1.94. The lowest BCUT2D eigenvalue weighted by Crippen LogP contribution is -2.54. The summed E-state index contributed by atoms with van der Waals surface area (Å²) in [5, 5.41) is 0.586. The van der Waals surface area contributed by atoms with Crippen LogP contribution in [0.15, 0.2) is 30.3 Å². The number of carbonyl (C=O) groups is 1. The Kier molecular flexibility index (Phi) is 5.97. The van der Waals surface area contributed by atoms with E-state index in [-0.39, 0.29) is 19.2 Å². The van der Waals surface area contributed by atoms with Crippen molar-refractivity contribution in [3.05, 3.63) is 35.9 Å². The molecule has 1 heterocycles. The Balaban J connectivity index is 1.74. The van der Waals surface area contributed by atoms with Gasteiger partial charge < -0.3 is 18.9 Å². The normalized spacial score (nSPS) is 19.6. The maximum Gasteiger partial charge on any atom is 0.338 e. The molecule has 0 saturated carbocycles. The van der Waals surface area contributed by atoms with E-state index >= 15 is 0 Å². The van der Waals surface area contributed by atoms with Gasteiger partial charge in [-0.25, -0.2) is 4.79 Å². The molecule has 1 aliphatic rings. The summed E-state index contributed by atoms with van der Waals surface area (Å²) in [7, 11) is 0. The number of hydrogen-bond acceptors (Lipinski definition) is 5. The van der Waals surface area contributed by atoms with Crippen LogP contribution in [0.1, 0.15) is 24.2 Å². The zero-order valence-electron chi connectivity index (χ0n) is 12.8. The molecule has 2 rings (SSSR count). The van der Waals surface area contributed by atoms with Gasteiger partial charge in [0.15, 0.2) is 5.79 Å². The molecule has 0 unspecified atom stereocenters. The maximum absolute atomic E-state index is 11.8. The van der Waals surface area contributed by atoms with Crippen molar-refractivity contribution in [3.8, 4) is 0 Å². The van der Waals surface area contributed by atoms with Crippen LogP contribution in [0.5, 0.6) is 0 Å². The van der Waals surface area contributed by atoms with E-state index in [4.69, 9.17) is 18.9 Å². The van der Waals surface area contributed by atoms with Crippen molar-refractivity contribution < 1.29 is 23.7 Å². The molecule has 5 nitrogen and oxygen atoms in total. The smallest absolute Gasteiger partial charge is 0.338 e. The zero-order chi connectivity index (χ0) is 16.1. The van der Waals surface area contributed by atoms with Gasteiger partial charge in [0.05, 0.1) is 25.4 Å². The van der Waals surface area contributed by atoms with E-state index < -0.39 is 11.4 Å². The van der Waals surface area contributed by atoms with Gasteiger partial charge in [-0.05, 0) is 26.0 Å². The van der Waals surface area contributed by atoms with Gasteiger partial charge in [-0.1, -0.05) is 34.1 Å². The average molecular weight is 373 g/mol. The summed E-state index contributed by atoms with van der Waals surface area (Å²) in [6, 6.07) is 8.88. The minimum absolute atomic E-state index is 0.186. The van der Waals surface area contributed by atoms with Gasteiger partial charge in [0.25, 0.3) is 0 Å². The van der Waals surface area contributed by atoms with Gasteiger partial charge >= 0.3 is 5.97 Å². The van der Waals surface area contributed by atoms with Gasteiger partial charge in [-0.15, -0.1) is 0 Å². The fourth-order valence-corrected chi connectivity index (χ4v) is 2.43. The third kappa shape index (κ3) is 4.78. The molecule has 122 valence electrons. The predicted molar refractivity (Wildman–Crippen MR) is 85.2 cm³/mol. The van der Waals surface area contributed by atoms with E-state index in [1.54, 1.807) is 24.3 Å². The molecule has 1 aliphatic heterocycles. The van der Waals surface area contributed by atoms with Gasteiger partial charge in [-0.3, -0.25) is 0 Å². The molecule has 0 aliphatic carbocycles. The van der Waals surface area contributed by atoms with Crippen molar-refractivity contribution >= 4 is 21.9 Å². The highest BCUT2D eigenvalue weighted by Gasteiger charge is 2.40. The Bertz CT molecular complexity index is 479. The number of esters is 1. The van der Waals surface area contributed by atoms with E-state index in [9.17, 15) is 4.79 Å². The van der Waals surface area contributed by atoms with E-state index in [1.165, 1.54) is 0 Å². The third-order valence-electron chi connectivity index (χ3n) is 3.34. The first-order chi connectivity index (χ1) is 10.5. The molecule has 0 spiro atoms. The summed E-state index contributed by atoms with van der Waals surface area (Å²) in [6.45, 7) is 5.07. The summed E-state index contributed by atoms with van der Waals surface area (Å²) < 4.78 is 22.3. The molecular weight excluding hydrogens is 352 g/mol. The average Bonchev–Trinajstić information content (AvgIpc) is 2.54. The predicted octanol–water partition coefficient (Wildman–Crippen LogP) is 2.78. The van der Waals surface area contributed by atoms with Gasteiger partial charge in [0.2, 0.25) is 0 Å². The molecule has 6 heteroatoms. The lowest BCUT2D eigenvalue weighted by Gasteiger charge is -2.42. The summed E-state index contributed by atoms with van der Waals surface area (Å²) in [5.41, 5.74) is -0.0157. The summed E-state index contributed by atoms with van der Waals surface area (Å²) in [4.78, 5) is 11.8. The molecule has 1 aromatic carbocycles. The first-order valence-corrected chi connectivity index (χ1v) is 8.29. The van der Waals surface area contributed by atoms with E-state index in [0.717, 1.165) is 0 Å². The van der Waals surface area contributed by atoms with Crippen LogP contribution in [0.2, 0.25) is 0 Å². The number of halogens is 1. The first-order valence-electron chi connectivity index (χ1n) is 7.16. The molecule has 1 fully saturated rings. The highest BCUT2D eigenvalue weighted by Crippen LogP contribution is 2.27. The first kappa shape index (κ1) is 17.4. The van der Waals surface area contributed by atoms with Crippen molar-refractivity contribution in [1.82, 2.24) is 0 Å². The van der Waals surface area contributed by atoms with Gasteiger partial charge in [-0.2, -0.15) is 0 Å². The number of alkyl halides is 1. The molecule has 0 N–H and O–H groups in total. The lowest BCUT2D eigenvalue weighted by atomic mass is 10.1. The van der Waals surface area contributed by atoms with Gasteiger partial charge in [0.1, 0.15) is 12.2 Å². The lowest BCUT2D eigenvalue weighted by molar-refractivity contribution is -0.305. The Morgan fingerprint density at radius 1 is 1.18 bits per heavy atom. The highest BCUT2D eigenvalue weighted by atomic mass is 79.9. The highest BCUT2D eigenvalue weighted by molar-refractivity contribution is 9.09. The van der Waals surface area contributed by atoms with Crippen molar-refractivity contribution in [1.29, 1.82) is 0 Å². The summed E-state index contributed by atoms with van der Waals surface area (Å²) in [5.74, 6) is -0.941. The molecular formula is C16H21BrO5. The van der Waals surface area contributed by atoms with Gasteiger partial charge in [0, 0.05) is 5.33 Å². The largest absolute Gasteiger partial charge is 0.460 e. The van der Waals surface area contributed by atoms with E-state index in [2.05, 4.69) is 15.9 Å². The topological polar surface area (TPSA) is 54.0 Å². The van der Waals surface area contributed by atoms with Crippen LogP contribution in [0.4, 0.5) is 0 Å². The van der Waals surface area contributed by atoms with E-state index in [1.807, 2.05) is 19.9 Å². The molecule has 0 bridgehead atoms. The SMILES string of the molecule is CC1(C)OCC(CBr)(OCCOC(=O)c2ccccc2)CO1. The molecule has 0 radical (unpaired) electrons. The molecule has 0 aromatic heterocycles. The molecule has 1 aromatic rings. The Morgan fingerprint density at radius 2 is 1.82 bits per heavy atom. The van der Waals surface area contributed by atoms with Crippen LogP contribution in [0.25, 0.3) is 0 Å². The minimum atomic E-state index is -0.588. The Labute approximate surface area is 139 Å². The fraction of sp³-hybridized carbons (Fsp3) is 0.562. The second kappa shape index (κ2) is 7.55.